The molecule has 0 unspecified atom stereocenters. The molecule has 0 aliphatic heterocycles. The lowest BCUT2D eigenvalue weighted by Crippen LogP contribution is -2.38. The van der Waals surface area contributed by atoms with Gasteiger partial charge in [0.1, 0.15) is 6.10 Å². The van der Waals surface area contributed by atoms with Crippen LogP contribution in [0.15, 0.2) is 16.7 Å². The normalized spacial score (nSPS) is 18.9. The fraction of sp³-hybridized carbons (Fsp3) is 0.667. The Morgan fingerprint density at radius 3 is 3.09 bits per heavy atom. The van der Waals surface area contributed by atoms with E-state index in [1.54, 1.807) is 0 Å². The Morgan fingerprint density at radius 1 is 1.50 bits per heavy atom. The molecule has 2 atom stereocenters. The van der Waals surface area contributed by atoms with Crippen molar-refractivity contribution in [3.63, 3.8) is 0 Å². The standard InChI is InChI=1S/C15H24N4O3/c1-3-21-11(2)14-18-13(22-19-14)10-17-15(20)16-9-12-7-5-4-6-8-12/h4-5,11-12H,3,6-10H2,1-2H3,(H2,16,17,20)/t11-,12+/m1/s1. The number of ether oxygens (including phenoxy) is 1. The predicted molar refractivity (Wildman–Crippen MR) is 81.1 cm³/mol. The first-order chi connectivity index (χ1) is 10.7. The van der Waals surface area contributed by atoms with Crippen LogP contribution in [-0.2, 0) is 11.3 Å². The number of nitrogens with one attached hydrogen (secondary N) is 2. The van der Waals surface area contributed by atoms with E-state index in [-0.39, 0.29) is 18.7 Å². The van der Waals surface area contributed by atoms with Crippen LogP contribution in [0.2, 0.25) is 0 Å². The van der Waals surface area contributed by atoms with Gasteiger partial charge in [0.25, 0.3) is 0 Å². The van der Waals surface area contributed by atoms with Gasteiger partial charge < -0.3 is 19.9 Å². The summed E-state index contributed by atoms with van der Waals surface area (Å²) in [6.45, 7) is 5.25. The Balaban J connectivity index is 1.68. The molecule has 1 aliphatic rings. The topological polar surface area (TPSA) is 89.3 Å². The molecule has 2 rings (SSSR count). The minimum atomic E-state index is -0.216. The van der Waals surface area contributed by atoms with E-state index >= 15 is 0 Å². The molecule has 0 saturated carbocycles. The van der Waals surface area contributed by atoms with Crippen LogP contribution < -0.4 is 10.6 Å². The Labute approximate surface area is 130 Å². The van der Waals surface area contributed by atoms with Gasteiger partial charge in [0, 0.05) is 13.2 Å². The summed E-state index contributed by atoms with van der Waals surface area (Å²) in [7, 11) is 0. The van der Waals surface area contributed by atoms with Gasteiger partial charge in [-0.1, -0.05) is 17.3 Å². The van der Waals surface area contributed by atoms with Crippen molar-refractivity contribution in [3.05, 3.63) is 23.9 Å². The molecule has 1 aliphatic carbocycles. The average Bonchev–Trinajstić information content (AvgIpc) is 3.01. The van der Waals surface area contributed by atoms with Crippen LogP contribution in [-0.4, -0.2) is 29.3 Å². The molecule has 1 aromatic heterocycles. The second kappa shape index (κ2) is 8.53. The van der Waals surface area contributed by atoms with E-state index in [0.29, 0.717) is 30.8 Å². The van der Waals surface area contributed by atoms with E-state index in [1.165, 1.54) is 0 Å². The Bertz CT molecular complexity index is 501. The molecule has 1 aromatic rings. The maximum Gasteiger partial charge on any atom is 0.315 e. The number of hydrogen-bond donors (Lipinski definition) is 2. The van der Waals surface area contributed by atoms with Crippen molar-refractivity contribution in [2.45, 2.75) is 45.8 Å². The van der Waals surface area contributed by atoms with Crippen molar-refractivity contribution >= 4 is 6.03 Å². The SMILES string of the molecule is CCO[C@H](C)c1noc(CNC(=O)NC[C@H]2CC=CCC2)n1. The maximum absolute atomic E-state index is 11.7. The lowest BCUT2D eigenvalue weighted by molar-refractivity contribution is 0.0683. The van der Waals surface area contributed by atoms with E-state index in [1.807, 2.05) is 13.8 Å². The zero-order valence-electron chi connectivity index (χ0n) is 13.2. The molecule has 0 bridgehead atoms. The lowest BCUT2D eigenvalue weighted by atomic mass is 9.94. The fourth-order valence-electron chi connectivity index (χ4n) is 2.33. The second-order valence-electron chi connectivity index (χ2n) is 5.36. The molecule has 2 amide bonds. The Kier molecular flexibility index (Phi) is 6.39. The molecular formula is C15H24N4O3. The van der Waals surface area contributed by atoms with Gasteiger partial charge in [0.05, 0.1) is 6.54 Å². The van der Waals surface area contributed by atoms with Crippen LogP contribution in [0.5, 0.6) is 0 Å². The van der Waals surface area contributed by atoms with Crippen LogP contribution in [0.25, 0.3) is 0 Å². The van der Waals surface area contributed by atoms with Crippen LogP contribution in [0.1, 0.15) is 50.9 Å². The van der Waals surface area contributed by atoms with E-state index in [2.05, 4.69) is 32.9 Å². The summed E-state index contributed by atoms with van der Waals surface area (Å²) in [5, 5.41) is 9.43. The smallest absolute Gasteiger partial charge is 0.315 e. The lowest BCUT2D eigenvalue weighted by Gasteiger charge is -2.18. The van der Waals surface area contributed by atoms with Gasteiger partial charge in [-0.15, -0.1) is 0 Å². The molecule has 7 nitrogen and oxygen atoms in total. The third-order valence-electron chi connectivity index (χ3n) is 3.59. The first-order valence-corrected chi connectivity index (χ1v) is 7.79. The number of aromatic nitrogens is 2. The largest absolute Gasteiger partial charge is 0.371 e. The van der Waals surface area contributed by atoms with Gasteiger partial charge in [-0.3, -0.25) is 0 Å². The number of allylic oxidation sites excluding steroid dienone is 2. The zero-order valence-corrected chi connectivity index (χ0v) is 13.2. The van der Waals surface area contributed by atoms with Crippen LogP contribution in [0, 0.1) is 5.92 Å². The van der Waals surface area contributed by atoms with Crippen molar-refractivity contribution in [1.82, 2.24) is 20.8 Å². The van der Waals surface area contributed by atoms with Gasteiger partial charge in [-0.25, -0.2) is 4.79 Å². The number of carbonyl (C=O) groups excluding carboxylic acids is 1. The zero-order chi connectivity index (χ0) is 15.8. The Morgan fingerprint density at radius 2 is 2.36 bits per heavy atom. The number of carbonyl (C=O) groups is 1. The van der Waals surface area contributed by atoms with Crippen molar-refractivity contribution in [3.8, 4) is 0 Å². The summed E-state index contributed by atoms with van der Waals surface area (Å²) in [6.07, 6.45) is 7.40. The molecule has 22 heavy (non-hydrogen) atoms. The molecule has 122 valence electrons. The first-order valence-electron chi connectivity index (χ1n) is 7.79. The third kappa shape index (κ3) is 5.14. The summed E-state index contributed by atoms with van der Waals surface area (Å²) in [6, 6.07) is -0.216. The summed E-state index contributed by atoms with van der Waals surface area (Å²) in [4.78, 5) is 15.9. The summed E-state index contributed by atoms with van der Waals surface area (Å²) >= 11 is 0. The van der Waals surface area contributed by atoms with Gasteiger partial charge in [0.15, 0.2) is 5.82 Å². The molecule has 0 radical (unpaired) electrons. The quantitative estimate of drug-likeness (QED) is 0.755. The van der Waals surface area contributed by atoms with Crippen molar-refractivity contribution in [2.75, 3.05) is 13.2 Å². The minimum absolute atomic E-state index is 0.211. The summed E-state index contributed by atoms with van der Waals surface area (Å²) < 4.78 is 10.5. The van der Waals surface area contributed by atoms with E-state index in [9.17, 15) is 4.79 Å². The first kappa shape index (κ1) is 16.5. The molecule has 0 aromatic carbocycles. The molecule has 0 saturated heterocycles. The van der Waals surface area contributed by atoms with Gasteiger partial charge in [0.2, 0.25) is 5.89 Å². The Hall–Kier alpha value is -1.89. The molecule has 0 spiro atoms. The van der Waals surface area contributed by atoms with E-state index < -0.39 is 0 Å². The van der Waals surface area contributed by atoms with Gasteiger partial charge in [-0.2, -0.15) is 4.98 Å². The van der Waals surface area contributed by atoms with Gasteiger partial charge in [-0.05, 0) is 39.0 Å². The predicted octanol–water partition coefficient (Wildman–Crippen LogP) is 2.32. The number of amides is 2. The summed E-state index contributed by atoms with van der Waals surface area (Å²) in [5.41, 5.74) is 0. The van der Waals surface area contributed by atoms with Crippen LogP contribution >= 0.6 is 0 Å². The highest BCUT2D eigenvalue weighted by Gasteiger charge is 2.15. The molecule has 0 fully saturated rings. The third-order valence-corrected chi connectivity index (χ3v) is 3.59. The minimum Gasteiger partial charge on any atom is -0.371 e. The number of nitrogens with zero attached hydrogens (tertiary/aromatic N) is 2. The average molecular weight is 308 g/mol. The fourth-order valence-corrected chi connectivity index (χ4v) is 2.33. The molecular weight excluding hydrogens is 284 g/mol. The monoisotopic (exact) mass is 308 g/mol. The molecule has 2 N–H and O–H groups in total. The number of hydrogen-bond acceptors (Lipinski definition) is 5. The van der Waals surface area contributed by atoms with Gasteiger partial charge >= 0.3 is 6.03 Å². The maximum atomic E-state index is 11.7. The molecule has 7 heteroatoms. The highest BCUT2D eigenvalue weighted by atomic mass is 16.5. The highest BCUT2D eigenvalue weighted by molar-refractivity contribution is 5.73. The van der Waals surface area contributed by atoms with Crippen LogP contribution in [0.4, 0.5) is 4.79 Å². The van der Waals surface area contributed by atoms with Crippen LogP contribution in [0.3, 0.4) is 0 Å². The highest BCUT2D eigenvalue weighted by Crippen LogP contribution is 2.16. The number of rotatable bonds is 7. The van der Waals surface area contributed by atoms with Crippen molar-refractivity contribution < 1.29 is 14.1 Å². The van der Waals surface area contributed by atoms with E-state index in [4.69, 9.17) is 9.26 Å². The molecule has 1 heterocycles. The van der Waals surface area contributed by atoms with Crippen molar-refractivity contribution in [1.29, 1.82) is 0 Å². The van der Waals surface area contributed by atoms with Crippen molar-refractivity contribution in [2.24, 2.45) is 5.92 Å². The van der Waals surface area contributed by atoms with E-state index in [0.717, 1.165) is 19.3 Å². The summed E-state index contributed by atoms with van der Waals surface area (Å²) in [5.74, 6) is 1.39. The second-order valence-corrected chi connectivity index (χ2v) is 5.36. The number of urea groups is 1.